The van der Waals surface area contributed by atoms with Gasteiger partial charge < -0.3 is 10.4 Å². The van der Waals surface area contributed by atoms with Gasteiger partial charge in [-0.1, -0.05) is 26.0 Å². The van der Waals surface area contributed by atoms with Gasteiger partial charge in [-0.2, -0.15) is 0 Å². The highest BCUT2D eigenvalue weighted by Crippen LogP contribution is 2.20. The number of aromatic nitrogens is 2. The molecule has 0 atom stereocenters. The van der Waals surface area contributed by atoms with Gasteiger partial charge in [0.2, 0.25) is 0 Å². The molecule has 0 bridgehead atoms. The van der Waals surface area contributed by atoms with Crippen molar-refractivity contribution >= 4 is 16.9 Å². The summed E-state index contributed by atoms with van der Waals surface area (Å²) < 4.78 is 0. The average Bonchev–Trinajstić information content (AvgIpc) is 2.50. The number of rotatable bonds is 6. The number of aliphatic hydroxyl groups excluding tert-OH is 1. The lowest BCUT2D eigenvalue weighted by Gasteiger charge is -2.24. The zero-order valence-electron chi connectivity index (χ0n) is 12.5. The number of carbonyl (C=O) groups excluding carboxylic acids is 1. The van der Waals surface area contributed by atoms with Crippen LogP contribution < -0.4 is 5.32 Å². The van der Waals surface area contributed by atoms with Gasteiger partial charge in [-0.3, -0.25) is 9.78 Å². The predicted molar refractivity (Wildman–Crippen MR) is 82.0 cm³/mol. The summed E-state index contributed by atoms with van der Waals surface area (Å²) >= 11 is 0. The van der Waals surface area contributed by atoms with Gasteiger partial charge in [0.15, 0.2) is 0 Å². The van der Waals surface area contributed by atoms with Crippen LogP contribution in [0.2, 0.25) is 0 Å². The topological polar surface area (TPSA) is 75.1 Å². The van der Waals surface area contributed by atoms with E-state index in [0.717, 1.165) is 18.4 Å². The maximum absolute atomic E-state index is 12.1. The van der Waals surface area contributed by atoms with Gasteiger partial charge in [0.05, 0.1) is 17.2 Å². The molecule has 0 saturated carbocycles. The third kappa shape index (κ3) is 4.23. The molecule has 1 heterocycles. The van der Waals surface area contributed by atoms with Crippen molar-refractivity contribution in [2.45, 2.75) is 26.7 Å². The molecule has 0 aliphatic heterocycles. The summed E-state index contributed by atoms with van der Waals surface area (Å²) in [6.45, 7) is 4.85. The highest BCUT2D eigenvalue weighted by atomic mass is 16.2. The smallest absolute Gasteiger partial charge is 0.271 e. The first-order chi connectivity index (χ1) is 10.0. The van der Waals surface area contributed by atoms with Crippen LogP contribution in [0.3, 0.4) is 0 Å². The van der Waals surface area contributed by atoms with Crippen LogP contribution in [-0.4, -0.2) is 34.1 Å². The van der Waals surface area contributed by atoms with Gasteiger partial charge in [-0.15, -0.1) is 0 Å². The number of hydrogen-bond acceptors (Lipinski definition) is 4. The Hall–Kier alpha value is -2.01. The van der Waals surface area contributed by atoms with Crippen LogP contribution in [0.1, 0.15) is 37.2 Å². The summed E-state index contributed by atoms with van der Waals surface area (Å²) in [5, 5.41) is 11.8. The highest BCUT2D eigenvalue weighted by Gasteiger charge is 2.19. The van der Waals surface area contributed by atoms with Crippen molar-refractivity contribution in [3.05, 3.63) is 36.2 Å². The van der Waals surface area contributed by atoms with Crippen molar-refractivity contribution in [1.29, 1.82) is 0 Å². The molecule has 0 saturated heterocycles. The van der Waals surface area contributed by atoms with E-state index in [9.17, 15) is 4.79 Å². The molecular weight excluding hydrogens is 266 g/mol. The molecule has 5 heteroatoms. The van der Waals surface area contributed by atoms with Gasteiger partial charge in [-0.25, -0.2) is 4.98 Å². The number of hydrogen-bond donors (Lipinski definition) is 2. The molecule has 112 valence electrons. The zero-order chi connectivity index (χ0) is 15.3. The van der Waals surface area contributed by atoms with E-state index < -0.39 is 0 Å². The fourth-order valence-corrected chi connectivity index (χ4v) is 2.12. The fourth-order valence-electron chi connectivity index (χ4n) is 2.12. The first kappa shape index (κ1) is 15.4. The number of nitrogens with one attached hydrogen (secondary N) is 1. The molecule has 5 nitrogen and oxygen atoms in total. The van der Waals surface area contributed by atoms with Gasteiger partial charge >= 0.3 is 0 Å². The Morgan fingerprint density at radius 3 is 2.71 bits per heavy atom. The Kier molecular flexibility index (Phi) is 4.85. The Bertz CT molecular complexity index is 626. The van der Waals surface area contributed by atoms with E-state index in [1.165, 1.54) is 6.20 Å². The quantitative estimate of drug-likeness (QED) is 0.853. The van der Waals surface area contributed by atoms with E-state index in [0.29, 0.717) is 17.8 Å². The molecular formula is C16H21N3O2. The summed E-state index contributed by atoms with van der Waals surface area (Å²) in [4.78, 5) is 20.7. The minimum absolute atomic E-state index is 0.0529. The van der Waals surface area contributed by atoms with E-state index in [4.69, 9.17) is 5.11 Å². The van der Waals surface area contributed by atoms with E-state index in [2.05, 4.69) is 29.1 Å². The van der Waals surface area contributed by atoms with Crippen LogP contribution in [0.4, 0.5) is 0 Å². The van der Waals surface area contributed by atoms with Crippen molar-refractivity contribution in [1.82, 2.24) is 15.3 Å². The number of fused-ring (bicyclic) bond motifs is 1. The van der Waals surface area contributed by atoms with E-state index in [-0.39, 0.29) is 17.9 Å². The van der Waals surface area contributed by atoms with Gasteiger partial charge in [-0.05, 0) is 30.4 Å². The maximum Gasteiger partial charge on any atom is 0.271 e. The van der Waals surface area contributed by atoms with Gasteiger partial charge in [0, 0.05) is 13.2 Å². The minimum atomic E-state index is -0.217. The predicted octanol–water partition coefficient (Wildman–Crippen LogP) is 2.16. The first-order valence-electron chi connectivity index (χ1n) is 7.13. The second-order valence-electron chi connectivity index (χ2n) is 5.92. The molecule has 2 aromatic rings. The molecule has 0 radical (unpaired) electrons. The van der Waals surface area contributed by atoms with Crippen molar-refractivity contribution in [2.24, 2.45) is 5.41 Å². The molecule has 0 aliphatic rings. The van der Waals surface area contributed by atoms with Crippen LogP contribution in [0.25, 0.3) is 11.0 Å². The molecule has 0 spiro atoms. The lowest BCUT2D eigenvalue weighted by atomic mass is 9.88. The van der Waals surface area contributed by atoms with Crippen molar-refractivity contribution in [2.75, 3.05) is 13.2 Å². The number of carbonyl (C=O) groups is 1. The first-order valence-corrected chi connectivity index (χ1v) is 7.13. The van der Waals surface area contributed by atoms with Crippen molar-refractivity contribution in [3.8, 4) is 0 Å². The van der Waals surface area contributed by atoms with E-state index in [1.54, 1.807) is 0 Å². The molecule has 1 aromatic heterocycles. The molecule has 1 aromatic carbocycles. The fraction of sp³-hybridized carbons (Fsp3) is 0.438. The number of benzene rings is 1. The number of aliphatic hydroxyl groups is 1. The third-order valence-electron chi connectivity index (χ3n) is 3.42. The SMILES string of the molecule is CC(C)(CCCO)CNC(=O)c1cnc2ccccc2n1. The van der Waals surface area contributed by atoms with Crippen LogP contribution in [-0.2, 0) is 0 Å². The Balaban J connectivity index is 2.02. The maximum atomic E-state index is 12.1. The normalized spacial score (nSPS) is 11.6. The molecule has 2 rings (SSSR count). The lowest BCUT2D eigenvalue weighted by Crippen LogP contribution is -2.34. The lowest BCUT2D eigenvalue weighted by molar-refractivity contribution is 0.0928. The Morgan fingerprint density at radius 1 is 1.29 bits per heavy atom. The molecule has 1 amide bonds. The largest absolute Gasteiger partial charge is 0.396 e. The summed E-state index contributed by atoms with van der Waals surface area (Å²) in [5.41, 5.74) is 1.76. The standard InChI is InChI=1S/C16H21N3O2/c1-16(2,8-5-9-20)11-18-15(21)14-10-17-12-6-3-4-7-13(12)19-14/h3-4,6-7,10,20H,5,8-9,11H2,1-2H3,(H,18,21). The molecule has 0 aliphatic carbocycles. The average molecular weight is 287 g/mol. The van der Waals surface area contributed by atoms with Crippen molar-refractivity contribution in [3.63, 3.8) is 0 Å². The Morgan fingerprint density at radius 2 is 2.00 bits per heavy atom. The van der Waals surface area contributed by atoms with Crippen LogP contribution in [0.15, 0.2) is 30.5 Å². The number of nitrogens with zero attached hydrogens (tertiary/aromatic N) is 2. The van der Waals surface area contributed by atoms with Crippen LogP contribution in [0, 0.1) is 5.41 Å². The summed E-state index contributed by atoms with van der Waals surface area (Å²) in [6, 6.07) is 7.46. The number of amides is 1. The second-order valence-corrected chi connectivity index (χ2v) is 5.92. The Labute approximate surface area is 124 Å². The van der Waals surface area contributed by atoms with Crippen LogP contribution in [0.5, 0.6) is 0 Å². The summed E-state index contributed by atoms with van der Waals surface area (Å²) in [6.07, 6.45) is 3.09. The summed E-state index contributed by atoms with van der Waals surface area (Å²) in [5.74, 6) is -0.217. The third-order valence-corrected chi connectivity index (χ3v) is 3.42. The monoisotopic (exact) mass is 287 g/mol. The van der Waals surface area contributed by atoms with Crippen molar-refractivity contribution < 1.29 is 9.90 Å². The minimum Gasteiger partial charge on any atom is -0.396 e. The van der Waals surface area contributed by atoms with Gasteiger partial charge in [0.25, 0.3) is 5.91 Å². The molecule has 0 unspecified atom stereocenters. The molecule has 21 heavy (non-hydrogen) atoms. The van der Waals surface area contributed by atoms with Crippen LogP contribution >= 0.6 is 0 Å². The number of para-hydroxylation sites is 2. The zero-order valence-corrected chi connectivity index (χ0v) is 12.5. The van der Waals surface area contributed by atoms with E-state index in [1.807, 2.05) is 24.3 Å². The van der Waals surface area contributed by atoms with Gasteiger partial charge in [0.1, 0.15) is 5.69 Å². The molecule has 0 fully saturated rings. The summed E-state index contributed by atoms with van der Waals surface area (Å²) in [7, 11) is 0. The second kappa shape index (κ2) is 6.63. The highest BCUT2D eigenvalue weighted by molar-refractivity contribution is 5.93. The van der Waals surface area contributed by atoms with E-state index >= 15 is 0 Å². The molecule has 2 N–H and O–H groups in total.